The normalized spacial score (nSPS) is 13.2. The molecule has 0 saturated heterocycles. The molecule has 6 nitrogen and oxygen atoms in total. The number of aromatic nitrogens is 1. The molecule has 2 heterocycles. The number of hydrogen-bond acceptors (Lipinski definition) is 5. The van der Waals surface area contributed by atoms with Gasteiger partial charge in [-0.2, -0.15) is 0 Å². The summed E-state index contributed by atoms with van der Waals surface area (Å²) in [6, 6.07) is 7.22. The van der Waals surface area contributed by atoms with Crippen LogP contribution in [0, 0.1) is 5.92 Å². The van der Waals surface area contributed by atoms with Gasteiger partial charge in [-0.3, -0.25) is 14.9 Å². The molecule has 0 atom stereocenters. The van der Waals surface area contributed by atoms with Gasteiger partial charge in [0.1, 0.15) is 5.75 Å². The van der Waals surface area contributed by atoms with Crippen LogP contribution in [0.25, 0.3) is 0 Å². The summed E-state index contributed by atoms with van der Waals surface area (Å²) in [5, 5.41) is 3.49. The van der Waals surface area contributed by atoms with Crippen molar-refractivity contribution < 1.29 is 14.3 Å². The third-order valence-electron chi connectivity index (χ3n) is 5.27. The molecular weight excluding hydrogens is 410 g/mol. The van der Waals surface area contributed by atoms with E-state index in [9.17, 15) is 9.59 Å². The molecule has 0 fully saturated rings. The number of rotatable bonds is 10. The Morgan fingerprint density at radius 3 is 2.68 bits per heavy atom. The lowest BCUT2D eigenvalue weighted by Gasteiger charge is -2.26. The van der Waals surface area contributed by atoms with Crippen molar-refractivity contribution in [2.75, 3.05) is 18.5 Å². The number of unbranched alkanes of at least 4 members (excludes halogenated alkanes) is 3. The van der Waals surface area contributed by atoms with Crippen molar-refractivity contribution in [2.45, 2.75) is 65.8 Å². The van der Waals surface area contributed by atoms with Crippen LogP contribution in [0.1, 0.15) is 73.8 Å². The van der Waals surface area contributed by atoms with Crippen LogP contribution in [0.5, 0.6) is 5.75 Å². The summed E-state index contributed by atoms with van der Waals surface area (Å²) in [4.78, 5) is 32.5. The average Bonchev–Trinajstić information content (AvgIpc) is 3.15. The average molecular weight is 444 g/mol. The largest absolute Gasteiger partial charge is 0.494 e. The molecule has 0 saturated carbocycles. The van der Waals surface area contributed by atoms with E-state index in [0.717, 1.165) is 29.2 Å². The maximum Gasteiger partial charge on any atom is 0.257 e. The lowest BCUT2D eigenvalue weighted by molar-refractivity contribution is -0.132. The number of hydrogen-bond donors (Lipinski definition) is 1. The van der Waals surface area contributed by atoms with Crippen LogP contribution in [0.4, 0.5) is 5.13 Å². The fourth-order valence-corrected chi connectivity index (χ4v) is 4.55. The number of benzene rings is 1. The number of carbonyl (C=O) groups excluding carboxylic acids is 2. The van der Waals surface area contributed by atoms with Crippen LogP contribution in [-0.4, -0.2) is 34.8 Å². The van der Waals surface area contributed by atoms with Crippen molar-refractivity contribution in [3.63, 3.8) is 0 Å². The second kappa shape index (κ2) is 11.3. The zero-order valence-corrected chi connectivity index (χ0v) is 19.6. The van der Waals surface area contributed by atoms with E-state index < -0.39 is 0 Å². The molecule has 1 N–H and O–H groups in total. The summed E-state index contributed by atoms with van der Waals surface area (Å²) in [5.74, 6) is 1.13. The maximum atomic E-state index is 12.6. The third kappa shape index (κ3) is 6.79. The summed E-state index contributed by atoms with van der Waals surface area (Å²) in [7, 11) is 0. The number of nitrogens with zero attached hydrogens (tertiary/aromatic N) is 2. The van der Waals surface area contributed by atoms with Gasteiger partial charge in [0.2, 0.25) is 5.91 Å². The number of carbonyl (C=O) groups is 2. The minimum absolute atomic E-state index is 0.187. The summed E-state index contributed by atoms with van der Waals surface area (Å²) < 4.78 is 5.74. The Kier molecular flexibility index (Phi) is 8.46. The van der Waals surface area contributed by atoms with Crippen molar-refractivity contribution in [3.05, 3.63) is 40.4 Å². The quantitative estimate of drug-likeness (QED) is 0.507. The van der Waals surface area contributed by atoms with E-state index in [1.165, 1.54) is 30.6 Å². The molecule has 7 heteroatoms. The summed E-state index contributed by atoms with van der Waals surface area (Å²) in [6.45, 7) is 8.27. The molecule has 1 aromatic carbocycles. The van der Waals surface area contributed by atoms with Crippen molar-refractivity contribution in [2.24, 2.45) is 5.92 Å². The maximum absolute atomic E-state index is 12.6. The lowest BCUT2D eigenvalue weighted by Crippen LogP contribution is -2.36. The Balaban J connectivity index is 1.52. The number of amides is 2. The molecule has 2 amide bonds. The molecule has 31 heavy (non-hydrogen) atoms. The first-order valence-electron chi connectivity index (χ1n) is 11.3. The molecule has 0 aliphatic carbocycles. The fraction of sp³-hybridized carbons (Fsp3) is 0.542. The summed E-state index contributed by atoms with van der Waals surface area (Å²) in [5.41, 5.74) is 1.56. The van der Waals surface area contributed by atoms with Crippen LogP contribution in [-0.2, 0) is 17.8 Å². The van der Waals surface area contributed by atoms with Gasteiger partial charge in [-0.25, -0.2) is 4.98 Å². The van der Waals surface area contributed by atoms with E-state index in [4.69, 9.17) is 4.74 Å². The molecule has 1 aliphatic heterocycles. The van der Waals surface area contributed by atoms with Gasteiger partial charge in [-0.15, -0.1) is 0 Å². The number of fused-ring (bicyclic) bond motifs is 1. The van der Waals surface area contributed by atoms with Crippen LogP contribution in [0.2, 0.25) is 0 Å². The van der Waals surface area contributed by atoms with Gasteiger partial charge in [-0.1, -0.05) is 51.4 Å². The second-order valence-corrected chi connectivity index (χ2v) is 9.52. The van der Waals surface area contributed by atoms with E-state index >= 15 is 0 Å². The molecule has 0 unspecified atom stereocenters. The monoisotopic (exact) mass is 443 g/mol. The summed E-state index contributed by atoms with van der Waals surface area (Å²) >= 11 is 1.46. The number of nitrogens with one attached hydrogen (secondary N) is 1. The highest BCUT2D eigenvalue weighted by Crippen LogP contribution is 2.29. The number of thiazole rings is 1. The van der Waals surface area contributed by atoms with Gasteiger partial charge in [0, 0.05) is 29.8 Å². The lowest BCUT2D eigenvalue weighted by atomic mass is 10.1. The van der Waals surface area contributed by atoms with E-state index in [1.54, 1.807) is 12.1 Å². The predicted molar refractivity (Wildman–Crippen MR) is 125 cm³/mol. The third-order valence-corrected chi connectivity index (χ3v) is 6.27. The Labute approximate surface area is 189 Å². The highest BCUT2D eigenvalue weighted by atomic mass is 32.1. The zero-order chi connectivity index (χ0) is 22.2. The molecule has 3 rings (SSSR count). The zero-order valence-electron chi connectivity index (χ0n) is 18.8. The number of ether oxygens (including phenoxy) is 1. The Morgan fingerprint density at radius 2 is 1.97 bits per heavy atom. The van der Waals surface area contributed by atoms with Gasteiger partial charge in [-0.05, 0) is 36.6 Å². The minimum Gasteiger partial charge on any atom is -0.494 e. The van der Waals surface area contributed by atoms with Crippen LogP contribution >= 0.6 is 11.3 Å². The van der Waals surface area contributed by atoms with Crippen molar-refractivity contribution in [3.8, 4) is 5.75 Å². The van der Waals surface area contributed by atoms with Crippen LogP contribution in [0.3, 0.4) is 0 Å². The van der Waals surface area contributed by atoms with Crippen molar-refractivity contribution in [1.82, 2.24) is 9.88 Å². The molecule has 0 radical (unpaired) electrons. The Morgan fingerprint density at radius 1 is 1.19 bits per heavy atom. The molecular formula is C24H33N3O3S. The van der Waals surface area contributed by atoms with E-state index in [1.807, 2.05) is 17.0 Å². The first-order valence-corrected chi connectivity index (χ1v) is 12.1. The standard InChI is InChI=1S/C24H33N3O3S/c1-4-5-6-7-14-30-19-10-8-18(9-11-19)23(29)26-24-25-20-12-13-27(16-21(20)31-24)22(28)15-17(2)3/h8-11,17H,4-7,12-16H2,1-3H3,(H,25,26,29). The smallest absolute Gasteiger partial charge is 0.257 e. The first kappa shape index (κ1) is 23.3. The molecule has 168 valence electrons. The molecule has 0 spiro atoms. The minimum atomic E-state index is -0.187. The van der Waals surface area contributed by atoms with Gasteiger partial charge < -0.3 is 9.64 Å². The summed E-state index contributed by atoms with van der Waals surface area (Å²) in [6.07, 6.45) is 5.96. The van der Waals surface area contributed by atoms with E-state index in [0.29, 0.717) is 42.7 Å². The van der Waals surface area contributed by atoms with Crippen LogP contribution in [0.15, 0.2) is 24.3 Å². The first-order chi connectivity index (χ1) is 15.0. The highest BCUT2D eigenvalue weighted by molar-refractivity contribution is 7.15. The highest BCUT2D eigenvalue weighted by Gasteiger charge is 2.25. The van der Waals surface area contributed by atoms with E-state index in [-0.39, 0.29) is 11.8 Å². The Hall–Kier alpha value is -2.41. The van der Waals surface area contributed by atoms with Gasteiger partial charge >= 0.3 is 0 Å². The fourth-order valence-electron chi connectivity index (χ4n) is 3.53. The number of anilines is 1. The molecule has 1 aliphatic rings. The molecule has 2 aromatic rings. The second-order valence-electron chi connectivity index (χ2n) is 8.44. The predicted octanol–water partition coefficient (Wildman–Crippen LogP) is 5.29. The van der Waals surface area contributed by atoms with Crippen LogP contribution < -0.4 is 10.1 Å². The van der Waals surface area contributed by atoms with Gasteiger partial charge in [0.25, 0.3) is 5.91 Å². The SMILES string of the molecule is CCCCCCOc1ccc(C(=O)Nc2nc3c(s2)CN(C(=O)CC(C)C)CC3)cc1. The van der Waals surface area contributed by atoms with Gasteiger partial charge in [0.15, 0.2) is 5.13 Å². The molecule has 0 bridgehead atoms. The topological polar surface area (TPSA) is 71.5 Å². The van der Waals surface area contributed by atoms with Crippen molar-refractivity contribution in [1.29, 1.82) is 0 Å². The Bertz CT molecular complexity index is 877. The molecule has 1 aromatic heterocycles. The van der Waals surface area contributed by atoms with E-state index in [2.05, 4.69) is 31.1 Å². The van der Waals surface area contributed by atoms with Crippen molar-refractivity contribution >= 4 is 28.3 Å². The van der Waals surface area contributed by atoms with Gasteiger partial charge in [0.05, 0.1) is 18.8 Å².